The molecule has 1 heterocycles. The summed E-state index contributed by atoms with van der Waals surface area (Å²) in [5.74, 6) is 1.12. The van der Waals surface area contributed by atoms with Gasteiger partial charge in [-0.25, -0.2) is 0 Å². The Bertz CT molecular complexity index is 2600. The molecule has 242 valence electrons. The zero-order chi connectivity index (χ0) is 34.3. The Morgan fingerprint density at radius 2 is 1.39 bits per heavy atom. The van der Waals surface area contributed by atoms with Crippen LogP contribution < -0.4 is 9.80 Å². The average Bonchev–Trinajstić information content (AvgIpc) is 3.53. The van der Waals surface area contributed by atoms with Gasteiger partial charge in [0.05, 0.1) is 22.5 Å². The zero-order valence-corrected chi connectivity index (χ0v) is 27.8. The maximum atomic E-state index is 9.98. The molecule has 0 saturated carbocycles. The molecule has 0 spiro atoms. The van der Waals surface area contributed by atoms with Crippen LogP contribution in [0.25, 0.3) is 27.8 Å². The van der Waals surface area contributed by atoms with Gasteiger partial charge >= 0.3 is 0 Å². The summed E-state index contributed by atoms with van der Waals surface area (Å²) in [4.78, 5) is 4.34. The third-order valence-corrected chi connectivity index (χ3v) is 10.0. The van der Waals surface area contributed by atoms with E-state index in [2.05, 4.69) is 107 Å². The second-order valence-electron chi connectivity index (χ2n) is 13.1. The molecular weight excluding hydrogens is 625 g/mol. The lowest BCUT2D eigenvalue weighted by Gasteiger charge is -2.32. The van der Waals surface area contributed by atoms with Crippen molar-refractivity contribution < 1.29 is 4.42 Å². The molecule has 3 aliphatic carbocycles. The number of para-hydroxylation sites is 3. The van der Waals surface area contributed by atoms with E-state index in [1.807, 2.05) is 66.7 Å². The summed E-state index contributed by atoms with van der Waals surface area (Å²) < 4.78 is 6.62. The first-order valence-electron chi connectivity index (χ1n) is 17.3. The van der Waals surface area contributed by atoms with E-state index >= 15 is 0 Å². The number of allylic oxidation sites excluding steroid dienone is 7. The molecule has 0 radical (unpaired) electrons. The standard InChI is InChI=1S/C46H32N4O/c47-29-33-11-7-9-17-43(33)49(37-13-3-1-4-14-37)39-21-19-31-25-41-42-26-32-20-22-40(24-36(32)28-46(42)51-45(41)27-35(31)23-39)50(38-15-5-2-6-16-38)44-18-10-8-12-34(44)30-48/h1,3-5,7-25,27-28,32H,2,6,26H2. The molecule has 0 aliphatic heterocycles. The van der Waals surface area contributed by atoms with Crippen molar-refractivity contribution in [1.82, 2.24) is 0 Å². The highest BCUT2D eigenvalue weighted by atomic mass is 16.3. The third kappa shape index (κ3) is 5.33. The summed E-state index contributed by atoms with van der Waals surface area (Å²) in [6.45, 7) is 0. The first-order valence-corrected chi connectivity index (χ1v) is 17.3. The number of furan rings is 1. The summed E-state index contributed by atoms with van der Waals surface area (Å²) in [6, 6.07) is 41.3. The molecule has 0 saturated heterocycles. The molecule has 5 heteroatoms. The fourth-order valence-electron chi connectivity index (χ4n) is 7.58. The van der Waals surface area contributed by atoms with Crippen LogP contribution in [0.1, 0.15) is 35.3 Å². The van der Waals surface area contributed by atoms with Gasteiger partial charge in [0.15, 0.2) is 0 Å². The van der Waals surface area contributed by atoms with Gasteiger partial charge in [0, 0.05) is 39.6 Å². The molecule has 5 nitrogen and oxygen atoms in total. The minimum Gasteiger partial charge on any atom is -0.456 e. The SMILES string of the molecule is N#Cc1ccccc1N(C1=CCCC=C1)C1=CC2=Cc3oc4cc5cc(N(c6ccccc6)c6ccccc6C#N)ccc5cc4c3CC2C=C1. The molecule has 0 amide bonds. The van der Waals surface area contributed by atoms with Gasteiger partial charge in [-0.05, 0) is 121 Å². The molecule has 0 N–H and O–H groups in total. The largest absolute Gasteiger partial charge is 0.456 e. The van der Waals surface area contributed by atoms with Crippen LogP contribution in [0.5, 0.6) is 0 Å². The van der Waals surface area contributed by atoms with Gasteiger partial charge in [-0.15, -0.1) is 0 Å². The van der Waals surface area contributed by atoms with Crippen molar-refractivity contribution in [3.63, 3.8) is 0 Å². The van der Waals surface area contributed by atoms with E-state index in [1.165, 1.54) is 11.1 Å². The van der Waals surface area contributed by atoms with Crippen molar-refractivity contribution in [2.45, 2.75) is 19.3 Å². The average molecular weight is 657 g/mol. The normalized spacial score (nSPS) is 16.0. The van der Waals surface area contributed by atoms with Crippen molar-refractivity contribution in [3.05, 3.63) is 185 Å². The van der Waals surface area contributed by atoms with Crippen LogP contribution in [-0.2, 0) is 6.42 Å². The highest BCUT2D eigenvalue weighted by molar-refractivity contribution is 6.01. The molecule has 3 aliphatic rings. The van der Waals surface area contributed by atoms with Crippen LogP contribution in [0.4, 0.5) is 22.7 Å². The predicted molar refractivity (Wildman–Crippen MR) is 206 cm³/mol. The van der Waals surface area contributed by atoms with Crippen LogP contribution >= 0.6 is 0 Å². The molecule has 9 rings (SSSR count). The zero-order valence-electron chi connectivity index (χ0n) is 27.8. The number of hydrogen-bond donors (Lipinski definition) is 0. The summed E-state index contributed by atoms with van der Waals surface area (Å²) in [7, 11) is 0. The van der Waals surface area contributed by atoms with Crippen molar-refractivity contribution in [2.24, 2.45) is 5.92 Å². The smallest absolute Gasteiger partial charge is 0.135 e. The Hall–Kier alpha value is -6.82. The van der Waals surface area contributed by atoms with Crippen LogP contribution in [-0.4, -0.2) is 0 Å². The Balaban J connectivity index is 1.12. The first kappa shape index (κ1) is 30.3. The van der Waals surface area contributed by atoms with Crippen LogP contribution in [0.2, 0.25) is 0 Å². The Labute approximate surface area is 296 Å². The van der Waals surface area contributed by atoms with Crippen molar-refractivity contribution in [3.8, 4) is 12.1 Å². The second kappa shape index (κ2) is 12.6. The maximum absolute atomic E-state index is 9.98. The number of nitrogens with zero attached hydrogens (tertiary/aromatic N) is 4. The van der Waals surface area contributed by atoms with Gasteiger partial charge in [0.2, 0.25) is 0 Å². The molecule has 51 heavy (non-hydrogen) atoms. The third-order valence-electron chi connectivity index (χ3n) is 10.0. The van der Waals surface area contributed by atoms with Crippen molar-refractivity contribution in [2.75, 3.05) is 9.80 Å². The lowest BCUT2D eigenvalue weighted by molar-refractivity contribution is 0.586. The fourth-order valence-corrected chi connectivity index (χ4v) is 7.58. The summed E-state index contributed by atoms with van der Waals surface area (Å²) in [6.07, 6.45) is 18.4. The van der Waals surface area contributed by atoms with Gasteiger partial charge in [-0.3, -0.25) is 0 Å². The highest BCUT2D eigenvalue weighted by Gasteiger charge is 2.28. The predicted octanol–water partition coefficient (Wildman–Crippen LogP) is 11.5. The van der Waals surface area contributed by atoms with Gasteiger partial charge < -0.3 is 14.2 Å². The summed E-state index contributed by atoms with van der Waals surface area (Å²) in [5, 5.41) is 23.3. The monoisotopic (exact) mass is 656 g/mol. The van der Waals surface area contributed by atoms with Gasteiger partial charge in [0.25, 0.3) is 0 Å². The molecule has 1 atom stereocenters. The van der Waals surface area contributed by atoms with Crippen LogP contribution in [0.3, 0.4) is 0 Å². The summed E-state index contributed by atoms with van der Waals surface area (Å²) in [5.41, 5.74) is 10.3. The van der Waals surface area contributed by atoms with E-state index in [9.17, 15) is 10.5 Å². The van der Waals surface area contributed by atoms with E-state index in [0.717, 1.165) is 80.9 Å². The van der Waals surface area contributed by atoms with E-state index in [4.69, 9.17) is 4.42 Å². The fraction of sp³-hybridized carbons (Fsp3) is 0.0870. The molecule has 1 aromatic heterocycles. The van der Waals surface area contributed by atoms with Crippen LogP contribution in [0.15, 0.2) is 167 Å². The minimum atomic E-state index is 0.226. The quantitative estimate of drug-likeness (QED) is 0.178. The second-order valence-corrected chi connectivity index (χ2v) is 13.1. The van der Waals surface area contributed by atoms with Gasteiger partial charge in [-0.2, -0.15) is 10.5 Å². The molecule has 1 unspecified atom stereocenters. The van der Waals surface area contributed by atoms with E-state index in [1.54, 1.807) is 0 Å². The molecule has 5 aromatic carbocycles. The number of anilines is 4. The number of fused-ring (bicyclic) bond motifs is 5. The topological polar surface area (TPSA) is 67.2 Å². The maximum Gasteiger partial charge on any atom is 0.135 e. The lowest BCUT2D eigenvalue weighted by atomic mass is 9.82. The number of nitriles is 2. The van der Waals surface area contributed by atoms with E-state index in [-0.39, 0.29) is 5.92 Å². The summed E-state index contributed by atoms with van der Waals surface area (Å²) >= 11 is 0. The molecule has 0 bridgehead atoms. The molecule has 6 aromatic rings. The van der Waals surface area contributed by atoms with Gasteiger partial charge in [0.1, 0.15) is 23.5 Å². The molecular formula is C46H32N4O. The first-order chi connectivity index (χ1) is 25.2. The van der Waals surface area contributed by atoms with Crippen molar-refractivity contribution >= 4 is 50.6 Å². The number of benzene rings is 5. The van der Waals surface area contributed by atoms with Crippen molar-refractivity contribution in [1.29, 1.82) is 10.5 Å². The lowest BCUT2D eigenvalue weighted by Crippen LogP contribution is -2.24. The van der Waals surface area contributed by atoms with E-state index < -0.39 is 0 Å². The van der Waals surface area contributed by atoms with E-state index in [0.29, 0.717) is 11.1 Å². The number of rotatable bonds is 6. The van der Waals surface area contributed by atoms with Gasteiger partial charge in [-0.1, -0.05) is 66.8 Å². The Morgan fingerprint density at radius 1 is 0.647 bits per heavy atom. The molecule has 0 fully saturated rings. The highest BCUT2D eigenvalue weighted by Crippen LogP contribution is 2.43. The Kier molecular flexibility index (Phi) is 7.46. The van der Waals surface area contributed by atoms with Crippen LogP contribution in [0, 0.1) is 28.6 Å². The Morgan fingerprint density at radius 3 is 2.14 bits per heavy atom. The minimum absolute atomic E-state index is 0.226. The number of hydrogen-bond acceptors (Lipinski definition) is 5.